The molecule has 1 atom stereocenters. The minimum absolute atomic E-state index is 0.0797. The third kappa shape index (κ3) is 5.61. The van der Waals surface area contributed by atoms with E-state index in [-0.39, 0.29) is 18.6 Å². The van der Waals surface area contributed by atoms with E-state index in [0.29, 0.717) is 23.5 Å². The number of ether oxygens (including phenoxy) is 1. The lowest BCUT2D eigenvalue weighted by molar-refractivity contribution is -0.116. The maximum Gasteiger partial charge on any atom is 0.224 e. The van der Waals surface area contributed by atoms with Gasteiger partial charge in [-0.25, -0.2) is 0 Å². The number of amides is 1. The molecule has 1 aromatic carbocycles. The van der Waals surface area contributed by atoms with Gasteiger partial charge in [-0.05, 0) is 45.1 Å². The highest BCUT2D eigenvalue weighted by atomic mass is 16.5. The topological polar surface area (TPSA) is 87.8 Å². The van der Waals surface area contributed by atoms with Crippen molar-refractivity contribution in [2.75, 3.05) is 38.4 Å². The molecule has 0 saturated heterocycles. The van der Waals surface area contributed by atoms with Crippen LogP contribution in [0.25, 0.3) is 0 Å². The molecule has 0 spiro atoms. The highest BCUT2D eigenvalue weighted by Gasteiger charge is 2.10. The van der Waals surface area contributed by atoms with Gasteiger partial charge in [-0.15, -0.1) is 0 Å². The first kappa shape index (κ1) is 17.3. The number of carbonyl (C=O) groups is 1. The first-order chi connectivity index (χ1) is 9.97. The zero-order chi connectivity index (χ0) is 15.8. The Morgan fingerprint density at radius 1 is 1.52 bits per heavy atom. The minimum atomic E-state index is -0.0797. The van der Waals surface area contributed by atoms with E-state index in [4.69, 9.17) is 15.6 Å². The molecule has 1 unspecified atom stereocenters. The molecule has 0 aliphatic rings. The molecule has 0 aliphatic heterocycles. The molecule has 0 radical (unpaired) electrons. The van der Waals surface area contributed by atoms with Crippen LogP contribution in [0, 0.1) is 0 Å². The predicted molar refractivity (Wildman–Crippen MR) is 84.4 cm³/mol. The predicted octanol–water partition coefficient (Wildman–Crippen LogP) is 1.31. The van der Waals surface area contributed by atoms with Crippen molar-refractivity contribution < 1.29 is 14.6 Å². The van der Waals surface area contributed by atoms with Crippen molar-refractivity contribution in [3.8, 4) is 5.75 Å². The van der Waals surface area contributed by atoms with Crippen LogP contribution in [0.2, 0.25) is 0 Å². The summed E-state index contributed by atoms with van der Waals surface area (Å²) in [4.78, 5) is 14.0. The van der Waals surface area contributed by atoms with Crippen LogP contribution in [0.15, 0.2) is 18.2 Å². The molecule has 0 bridgehead atoms. The van der Waals surface area contributed by atoms with E-state index in [9.17, 15) is 4.79 Å². The zero-order valence-corrected chi connectivity index (χ0v) is 12.9. The lowest BCUT2D eigenvalue weighted by atomic mass is 10.2. The summed E-state index contributed by atoms with van der Waals surface area (Å²) >= 11 is 0. The number of rotatable bonds is 8. The van der Waals surface area contributed by atoms with E-state index in [2.05, 4.69) is 5.32 Å². The number of methoxy groups -OCH3 is 1. The molecular weight excluding hydrogens is 270 g/mol. The van der Waals surface area contributed by atoms with E-state index in [1.54, 1.807) is 25.3 Å². The fourth-order valence-corrected chi connectivity index (χ4v) is 1.88. The molecule has 0 aromatic heterocycles. The Morgan fingerprint density at radius 3 is 2.86 bits per heavy atom. The lowest BCUT2D eigenvalue weighted by Gasteiger charge is -2.22. The van der Waals surface area contributed by atoms with Crippen molar-refractivity contribution in [2.45, 2.75) is 25.8 Å². The number of hydrogen-bond donors (Lipinski definition) is 3. The summed E-state index contributed by atoms with van der Waals surface area (Å²) in [6.07, 6.45) is 1.12. The van der Waals surface area contributed by atoms with Crippen LogP contribution in [0.3, 0.4) is 0 Å². The third-order valence-corrected chi connectivity index (χ3v) is 3.43. The summed E-state index contributed by atoms with van der Waals surface area (Å²) in [5.74, 6) is 0.507. The highest BCUT2D eigenvalue weighted by Crippen LogP contribution is 2.26. The van der Waals surface area contributed by atoms with Gasteiger partial charge < -0.3 is 25.8 Å². The summed E-state index contributed by atoms with van der Waals surface area (Å²) < 4.78 is 5.18. The molecule has 6 nitrogen and oxygen atoms in total. The lowest BCUT2D eigenvalue weighted by Crippen LogP contribution is -2.33. The largest absolute Gasteiger partial charge is 0.495 e. The van der Waals surface area contributed by atoms with Crippen LogP contribution >= 0.6 is 0 Å². The zero-order valence-electron chi connectivity index (χ0n) is 12.9. The first-order valence-electron chi connectivity index (χ1n) is 7.02. The molecule has 1 amide bonds. The molecule has 0 saturated carbocycles. The number of likely N-dealkylation sites (N-methyl/N-ethyl adjacent to an activating group) is 1. The molecule has 21 heavy (non-hydrogen) atoms. The smallest absolute Gasteiger partial charge is 0.224 e. The maximum atomic E-state index is 11.9. The summed E-state index contributed by atoms with van der Waals surface area (Å²) in [5, 5.41) is 11.9. The molecule has 118 valence electrons. The summed E-state index contributed by atoms with van der Waals surface area (Å²) in [5.41, 5.74) is 6.86. The molecule has 0 fully saturated rings. The van der Waals surface area contributed by atoms with Crippen molar-refractivity contribution in [1.29, 1.82) is 0 Å². The number of aliphatic hydroxyl groups is 1. The molecule has 6 heteroatoms. The van der Waals surface area contributed by atoms with Crippen molar-refractivity contribution >= 4 is 17.3 Å². The second-order valence-corrected chi connectivity index (χ2v) is 5.12. The maximum absolute atomic E-state index is 11.9. The minimum Gasteiger partial charge on any atom is -0.495 e. The fourth-order valence-electron chi connectivity index (χ4n) is 1.88. The Bertz CT molecular complexity index is 465. The molecule has 0 heterocycles. The van der Waals surface area contributed by atoms with Crippen molar-refractivity contribution in [3.63, 3.8) is 0 Å². The Labute approximate surface area is 125 Å². The SMILES string of the molecule is COc1ccc(N)cc1NC(=O)CCCN(C)C(C)CO. The van der Waals surface area contributed by atoms with Gasteiger partial charge in [0.05, 0.1) is 19.4 Å². The Kier molecular flexibility index (Phi) is 6.98. The molecule has 4 N–H and O–H groups in total. The van der Waals surface area contributed by atoms with Crippen LogP contribution in [0.4, 0.5) is 11.4 Å². The molecular formula is C15H25N3O3. The summed E-state index contributed by atoms with van der Waals surface area (Å²) in [6, 6.07) is 5.22. The second kappa shape index (κ2) is 8.49. The number of carbonyl (C=O) groups excluding carboxylic acids is 1. The van der Waals surface area contributed by atoms with Gasteiger partial charge in [0.2, 0.25) is 5.91 Å². The number of anilines is 2. The number of hydrogen-bond acceptors (Lipinski definition) is 5. The van der Waals surface area contributed by atoms with Gasteiger partial charge in [0.25, 0.3) is 0 Å². The summed E-state index contributed by atoms with van der Waals surface area (Å²) in [6.45, 7) is 2.81. The van der Waals surface area contributed by atoms with E-state index in [0.717, 1.165) is 13.0 Å². The first-order valence-corrected chi connectivity index (χ1v) is 7.02. The molecule has 1 rings (SSSR count). The number of benzene rings is 1. The molecule has 1 aromatic rings. The van der Waals surface area contributed by atoms with Gasteiger partial charge in [0, 0.05) is 18.2 Å². The Balaban J connectivity index is 2.46. The number of nitrogens with two attached hydrogens (primary N) is 1. The van der Waals surface area contributed by atoms with E-state index in [1.165, 1.54) is 0 Å². The van der Waals surface area contributed by atoms with Gasteiger partial charge in [0.1, 0.15) is 5.75 Å². The van der Waals surface area contributed by atoms with Crippen molar-refractivity contribution in [2.24, 2.45) is 0 Å². The van der Waals surface area contributed by atoms with E-state index >= 15 is 0 Å². The third-order valence-electron chi connectivity index (χ3n) is 3.43. The van der Waals surface area contributed by atoms with Gasteiger partial charge in [-0.2, -0.15) is 0 Å². The van der Waals surface area contributed by atoms with Gasteiger partial charge in [0.15, 0.2) is 0 Å². The second-order valence-electron chi connectivity index (χ2n) is 5.12. The van der Waals surface area contributed by atoms with Crippen LogP contribution < -0.4 is 15.8 Å². The Hall–Kier alpha value is -1.79. The quantitative estimate of drug-likeness (QED) is 0.629. The Morgan fingerprint density at radius 2 is 2.24 bits per heavy atom. The monoisotopic (exact) mass is 295 g/mol. The van der Waals surface area contributed by atoms with Crippen molar-refractivity contribution in [1.82, 2.24) is 4.90 Å². The average molecular weight is 295 g/mol. The standard InChI is InChI=1S/C15H25N3O3/c1-11(10-19)18(2)8-4-5-15(20)17-13-9-12(16)6-7-14(13)21-3/h6-7,9,11,19H,4-5,8,10,16H2,1-3H3,(H,17,20). The number of aliphatic hydroxyl groups excluding tert-OH is 1. The van der Waals surface area contributed by atoms with Crippen LogP contribution in [0.5, 0.6) is 5.75 Å². The summed E-state index contributed by atoms with van der Waals surface area (Å²) in [7, 11) is 3.48. The van der Waals surface area contributed by atoms with Crippen LogP contribution in [0.1, 0.15) is 19.8 Å². The normalized spacial score (nSPS) is 12.2. The van der Waals surface area contributed by atoms with Gasteiger partial charge in [-0.3, -0.25) is 4.79 Å². The van der Waals surface area contributed by atoms with E-state index in [1.807, 2.05) is 18.9 Å². The number of nitrogens with zero attached hydrogens (tertiary/aromatic N) is 1. The van der Waals surface area contributed by atoms with Gasteiger partial charge in [-0.1, -0.05) is 0 Å². The van der Waals surface area contributed by atoms with Crippen molar-refractivity contribution in [3.05, 3.63) is 18.2 Å². The van der Waals surface area contributed by atoms with Crippen LogP contribution in [-0.2, 0) is 4.79 Å². The van der Waals surface area contributed by atoms with E-state index < -0.39 is 0 Å². The number of nitrogens with one attached hydrogen (secondary N) is 1. The van der Waals surface area contributed by atoms with Crippen LogP contribution in [-0.4, -0.2) is 49.3 Å². The molecule has 0 aliphatic carbocycles. The van der Waals surface area contributed by atoms with Gasteiger partial charge >= 0.3 is 0 Å². The highest BCUT2D eigenvalue weighted by molar-refractivity contribution is 5.92. The number of nitrogen functional groups attached to an aromatic ring is 1. The fraction of sp³-hybridized carbons (Fsp3) is 0.533. The average Bonchev–Trinajstić information content (AvgIpc) is 2.46.